The van der Waals surface area contributed by atoms with Gasteiger partial charge in [-0.25, -0.2) is 4.98 Å². The Balaban J connectivity index is 1.58. The van der Waals surface area contributed by atoms with Gasteiger partial charge in [0, 0.05) is 24.8 Å². The van der Waals surface area contributed by atoms with Gasteiger partial charge in [0.1, 0.15) is 10.5 Å². The molecular weight excluding hydrogens is 334 g/mol. The second-order valence-electron chi connectivity index (χ2n) is 6.55. The molecule has 3 aromatic rings. The van der Waals surface area contributed by atoms with Gasteiger partial charge in [-0.15, -0.1) is 11.3 Å². The third-order valence-corrected chi connectivity index (χ3v) is 5.57. The molecule has 0 radical (unpaired) electrons. The predicted molar refractivity (Wildman–Crippen MR) is 101 cm³/mol. The summed E-state index contributed by atoms with van der Waals surface area (Å²) in [4.78, 5) is 23.5. The Kier molecular flexibility index (Phi) is 3.99. The summed E-state index contributed by atoms with van der Waals surface area (Å²) in [5.74, 6) is -0.167. The van der Waals surface area contributed by atoms with Crippen LogP contribution in [0.3, 0.4) is 0 Å². The maximum absolute atomic E-state index is 12.6. The molecule has 2 aromatic heterocycles. The minimum atomic E-state index is -0.847. The number of aromatic nitrogens is 2. The van der Waals surface area contributed by atoms with Crippen molar-refractivity contribution in [1.29, 1.82) is 0 Å². The first-order valence-electron chi connectivity index (χ1n) is 8.13. The summed E-state index contributed by atoms with van der Waals surface area (Å²) in [6, 6.07) is 9.90. The fourth-order valence-corrected chi connectivity index (χ4v) is 4.04. The molecule has 1 fully saturated rings. The van der Waals surface area contributed by atoms with Gasteiger partial charge >= 0.3 is 0 Å². The number of carbonyl (C=O) groups excluding carboxylic acids is 1. The standard InChI is InChI=1S/C18H19N5OS/c1-23-7-6-18(19,11-23)17(24)21-13-8-12(9-20-10-13)16-22-14-4-2-3-5-15(14)25-16/h2-5,8-10H,6-7,11,19H2,1H3,(H,21,24). The first kappa shape index (κ1) is 16.1. The SMILES string of the molecule is CN1CCC(N)(C(=O)Nc2cncc(-c3nc4ccccc4s3)c2)C1. The summed E-state index contributed by atoms with van der Waals surface area (Å²) in [5, 5.41) is 3.79. The van der Waals surface area contributed by atoms with Crippen molar-refractivity contribution in [2.24, 2.45) is 5.73 Å². The average molecular weight is 353 g/mol. The molecule has 3 N–H and O–H groups in total. The minimum absolute atomic E-state index is 0.167. The van der Waals surface area contributed by atoms with E-state index in [1.54, 1.807) is 23.7 Å². The van der Waals surface area contributed by atoms with Crippen molar-refractivity contribution < 1.29 is 4.79 Å². The monoisotopic (exact) mass is 353 g/mol. The van der Waals surface area contributed by atoms with Crippen molar-refractivity contribution in [3.63, 3.8) is 0 Å². The number of fused-ring (bicyclic) bond motifs is 1. The number of nitrogens with two attached hydrogens (primary N) is 1. The number of anilines is 1. The highest BCUT2D eigenvalue weighted by Crippen LogP contribution is 2.31. The lowest BCUT2D eigenvalue weighted by Crippen LogP contribution is -2.52. The maximum atomic E-state index is 12.6. The third kappa shape index (κ3) is 3.13. The van der Waals surface area contributed by atoms with E-state index in [0.717, 1.165) is 27.3 Å². The minimum Gasteiger partial charge on any atom is -0.323 e. The molecule has 7 heteroatoms. The van der Waals surface area contributed by atoms with E-state index in [1.807, 2.05) is 37.4 Å². The van der Waals surface area contributed by atoms with Crippen molar-refractivity contribution in [3.05, 3.63) is 42.7 Å². The summed E-state index contributed by atoms with van der Waals surface area (Å²) >= 11 is 1.61. The molecule has 1 aromatic carbocycles. The number of carbonyl (C=O) groups is 1. The highest BCUT2D eigenvalue weighted by molar-refractivity contribution is 7.21. The third-order valence-electron chi connectivity index (χ3n) is 4.48. The lowest BCUT2D eigenvalue weighted by molar-refractivity contribution is -0.120. The molecule has 1 atom stereocenters. The Bertz CT molecular complexity index is 907. The zero-order valence-corrected chi connectivity index (χ0v) is 14.7. The maximum Gasteiger partial charge on any atom is 0.245 e. The molecular formula is C18H19N5OS. The van der Waals surface area contributed by atoms with Gasteiger partial charge in [0.25, 0.3) is 0 Å². The van der Waals surface area contributed by atoms with E-state index in [4.69, 9.17) is 5.73 Å². The van der Waals surface area contributed by atoms with Crippen LogP contribution >= 0.6 is 11.3 Å². The zero-order valence-electron chi connectivity index (χ0n) is 13.9. The average Bonchev–Trinajstić information content (AvgIpc) is 3.19. The molecule has 1 aliphatic heterocycles. The lowest BCUT2D eigenvalue weighted by atomic mass is 9.99. The van der Waals surface area contributed by atoms with Gasteiger partial charge in [-0.3, -0.25) is 9.78 Å². The van der Waals surface area contributed by atoms with Crippen LogP contribution in [0, 0.1) is 0 Å². The second-order valence-corrected chi connectivity index (χ2v) is 7.58. The Hall–Kier alpha value is -2.35. The van der Waals surface area contributed by atoms with Crippen molar-refractivity contribution in [2.75, 3.05) is 25.5 Å². The van der Waals surface area contributed by atoms with Gasteiger partial charge in [0.2, 0.25) is 5.91 Å². The molecule has 3 heterocycles. The van der Waals surface area contributed by atoms with E-state index in [9.17, 15) is 4.79 Å². The normalized spacial score (nSPS) is 20.9. The molecule has 1 amide bonds. The van der Waals surface area contributed by atoms with E-state index in [1.165, 1.54) is 0 Å². The van der Waals surface area contributed by atoms with Crippen LogP contribution in [0.15, 0.2) is 42.7 Å². The van der Waals surface area contributed by atoms with Crippen molar-refractivity contribution in [1.82, 2.24) is 14.9 Å². The Morgan fingerprint density at radius 1 is 1.36 bits per heavy atom. The molecule has 6 nitrogen and oxygen atoms in total. The van der Waals surface area contributed by atoms with E-state index in [2.05, 4.69) is 20.2 Å². The van der Waals surface area contributed by atoms with Crippen molar-refractivity contribution in [2.45, 2.75) is 12.0 Å². The highest BCUT2D eigenvalue weighted by Gasteiger charge is 2.39. The Morgan fingerprint density at radius 3 is 2.96 bits per heavy atom. The molecule has 4 rings (SSSR count). The van der Waals surface area contributed by atoms with Crippen LogP contribution in [-0.4, -0.2) is 46.5 Å². The summed E-state index contributed by atoms with van der Waals surface area (Å²) in [6.07, 6.45) is 4.05. The van der Waals surface area contributed by atoms with Gasteiger partial charge in [-0.05, 0) is 31.7 Å². The van der Waals surface area contributed by atoms with Crippen LogP contribution in [0.5, 0.6) is 0 Å². The topological polar surface area (TPSA) is 84.1 Å². The molecule has 0 bridgehead atoms. The summed E-state index contributed by atoms with van der Waals surface area (Å²) in [6.45, 7) is 1.39. The predicted octanol–water partition coefficient (Wildman–Crippen LogP) is 2.33. The van der Waals surface area contributed by atoms with Gasteiger partial charge in [-0.2, -0.15) is 0 Å². The van der Waals surface area contributed by atoms with Crippen LogP contribution in [0.25, 0.3) is 20.8 Å². The van der Waals surface area contributed by atoms with Crippen LogP contribution in [0.4, 0.5) is 5.69 Å². The van der Waals surface area contributed by atoms with Gasteiger partial charge in [-0.1, -0.05) is 12.1 Å². The quantitative estimate of drug-likeness (QED) is 0.755. The van der Waals surface area contributed by atoms with E-state index >= 15 is 0 Å². The van der Waals surface area contributed by atoms with Crippen LogP contribution in [-0.2, 0) is 4.79 Å². The number of hydrogen-bond donors (Lipinski definition) is 2. The molecule has 1 unspecified atom stereocenters. The van der Waals surface area contributed by atoms with Gasteiger partial charge in [0.15, 0.2) is 0 Å². The number of benzene rings is 1. The van der Waals surface area contributed by atoms with E-state index < -0.39 is 5.54 Å². The molecule has 0 spiro atoms. The Morgan fingerprint density at radius 2 is 2.20 bits per heavy atom. The van der Waals surface area contributed by atoms with Gasteiger partial charge < -0.3 is 16.0 Å². The van der Waals surface area contributed by atoms with Crippen molar-refractivity contribution >= 4 is 33.1 Å². The van der Waals surface area contributed by atoms with Crippen LogP contribution in [0.2, 0.25) is 0 Å². The number of likely N-dealkylation sites (N-methyl/N-ethyl adjacent to an activating group) is 1. The number of pyridine rings is 1. The number of likely N-dealkylation sites (tertiary alicyclic amines) is 1. The highest BCUT2D eigenvalue weighted by atomic mass is 32.1. The van der Waals surface area contributed by atoms with E-state index in [-0.39, 0.29) is 5.91 Å². The smallest absolute Gasteiger partial charge is 0.245 e. The number of nitrogens with one attached hydrogen (secondary N) is 1. The molecule has 1 aliphatic rings. The number of hydrogen-bond acceptors (Lipinski definition) is 6. The number of rotatable bonds is 3. The van der Waals surface area contributed by atoms with Crippen molar-refractivity contribution in [3.8, 4) is 10.6 Å². The Labute approximate surface area is 149 Å². The summed E-state index contributed by atoms with van der Waals surface area (Å²) < 4.78 is 1.13. The summed E-state index contributed by atoms with van der Waals surface area (Å²) in [5.41, 5.74) is 7.90. The lowest BCUT2D eigenvalue weighted by Gasteiger charge is -2.22. The molecule has 25 heavy (non-hydrogen) atoms. The molecule has 1 saturated heterocycles. The molecule has 0 aliphatic carbocycles. The van der Waals surface area contributed by atoms with Crippen LogP contribution in [0.1, 0.15) is 6.42 Å². The van der Waals surface area contributed by atoms with Gasteiger partial charge in [0.05, 0.1) is 22.1 Å². The second kappa shape index (κ2) is 6.18. The zero-order chi connectivity index (χ0) is 17.4. The number of amides is 1. The first-order valence-corrected chi connectivity index (χ1v) is 8.95. The number of nitrogens with zero attached hydrogens (tertiary/aromatic N) is 3. The summed E-state index contributed by atoms with van der Waals surface area (Å²) in [7, 11) is 1.97. The molecule has 128 valence electrons. The number of para-hydroxylation sites is 1. The fourth-order valence-electron chi connectivity index (χ4n) is 3.09. The fraction of sp³-hybridized carbons (Fsp3) is 0.278. The largest absolute Gasteiger partial charge is 0.323 e. The molecule has 0 saturated carbocycles. The first-order chi connectivity index (χ1) is 12.0. The number of thiazole rings is 1. The van der Waals surface area contributed by atoms with E-state index in [0.29, 0.717) is 18.7 Å². The van der Waals surface area contributed by atoms with Crippen LogP contribution < -0.4 is 11.1 Å².